The molecule has 3 N–H and O–H groups in total. The molecule has 1 aromatic heterocycles. The van der Waals surface area contributed by atoms with Crippen molar-refractivity contribution in [3.05, 3.63) is 11.8 Å². The molecule has 4 heteroatoms. The molecule has 0 saturated heterocycles. The molecule has 1 aromatic rings. The van der Waals surface area contributed by atoms with Gasteiger partial charge in [-0.15, -0.1) is 0 Å². The number of aromatic nitrogens is 2. The highest BCUT2D eigenvalue weighted by Gasteiger charge is 2.21. The van der Waals surface area contributed by atoms with Crippen LogP contribution in [0.2, 0.25) is 0 Å². The monoisotopic (exact) mass is 248 g/mol. The Morgan fingerprint density at radius 3 is 2.72 bits per heavy atom. The van der Waals surface area contributed by atoms with Crippen LogP contribution in [0.25, 0.3) is 0 Å². The first-order valence-corrected chi connectivity index (χ1v) is 7.04. The molecule has 1 heterocycles. The van der Waals surface area contributed by atoms with E-state index in [1.807, 2.05) is 6.92 Å². The Labute approximate surface area is 109 Å². The lowest BCUT2D eigenvalue weighted by molar-refractivity contribution is 0.318. The van der Waals surface area contributed by atoms with Crippen LogP contribution in [0, 0.1) is 12.8 Å². The van der Waals surface area contributed by atoms with Crippen molar-refractivity contribution >= 4 is 11.8 Å². The van der Waals surface area contributed by atoms with Crippen LogP contribution >= 0.6 is 0 Å². The van der Waals surface area contributed by atoms with E-state index in [1.165, 1.54) is 38.5 Å². The smallest absolute Gasteiger partial charge is 0.221 e. The lowest BCUT2D eigenvalue weighted by atomic mass is 9.83. The highest BCUT2D eigenvalue weighted by Crippen LogP contribution is 2.29. The second-order valence-corrected chi connectivity index (χ2v) is 5.41. The first kappa shape index (κ1) is 13.1. The summed E-state index contributed by atoms with van der Waals surface area (Å²) in [4.78, 5) is 8.27. The molecule has 0 aliphatic heterocycles. The van der Waals surface area contributed by atoms with Gasteiger partial charge in [0.25, 0.3) is 0 Å². The van der Waals surface area contributed by atoms with Crippen molar-refractivity contribution in [1.82, 2.24) is 9.97 Å². The Morgan fingerprint density at radius 1 is 1.33 bits per heavy atom. The molecule has 4 nitrogen and oxygen atoms in total. The average molecular weight is 248 g/mol. The normalized spacial score (nSPS) is 23.9. The largest absolute Gasteiger partial charge is 0.368 e. The van der Waals surface area contributed by atoms with Gasteiger partial charge < -0.3 is 11.1 Å². The number of hydrogen-bond acceptors (Lipinski definition) is 4. The van der Waals surface area contributed by atoms with E-state index in [-0.39, 0.29) is 0 Å². The summed E-state index contributed by atoms with van der Waals surface area (Å²) in [5.41, 5.74) is 6.70. The van der Waals surface area contributed by atoms with Gasteiger partial charge in [0.05, 0.1) is 0 Å². The Hall–Kier alpha value is -1.32. The predicted octanol–water partition coefficient (Wildman–Crippen LogP) is 3.14. The maximum absolute atomic E-state index is 5.63. The third-order valence-electron chi connectivity index (χ3n) is 3.87. The standard InChI is InChI=1S/C14H24N4/c1-3-4-11-5-7-12(8-6-11)17-13-10(2)9-16-14(15)18-13/h9,11-12H,3-8H2,1-2H3,(H3,15,16,17,18). The number of rotatable bonds is 4. The van der Waals surface area contributed by atoms with Crippen molar-refractivity contribution in [2.75, 3.05) is 11.1 Å². The minimum absolute atomic E-state index is 0.350. The van der Waals surface area contributed by atoms with Crippen molar-refractivity contribution in [3.63, 3.8) is 0 Å². The van der Waals surface area contributed by atoms with Crippen LogP contribution < -0.4 is 11.1 Å². The van der Waals surface area contributed by atoms with E-state index < -0.39 is 0 Å². The van der Waals surface area contributed by atoms with Gasteiger partial charge >= 0.3 is 0 Å². The SMILES string of the molecule is CCCC1CCC(Nc2nc(N)ncc2C)CC1. The Kier molecular flexibility index (Phi) is 4.39. The van der Waals surface area contributed by atoms with Gasteiger partial charge in [0.2, 0.25) is 5.95 Å². The molecule has 0 bridgehead atoms. The molecule has 1 aliphatic carbocycles. The van der Waals surface area contributed by atoms with Gasteiger partial charge in [-0.1, -0.05) is 19.8 Å². The fraction of sp³-hybridized carbons (Fsp3) is 0.714. The zero-order chi connectivity index (χ0) is 13.0. The van der Waals surface area contributed by atoms with Crippen LogP contribution in [-0.4, -0.2) is 16.0 Å². The van der Waals surface area contributed by atoms with E-state index in [0.717, 1.165) is 17.3 Å². The van der Waals surface area contributed by atoms with Crippen molar-refractivity contribution < 1.29 is 0 Å². The molecule has 1 fully saturated rings. The lowest BCUT2D eigenvalue weighted by Crippen LogP contribution is -2.27. The maximum atomic E-state index is 5.63. The van der Waals surface area contributed by atoms with E-state index in [4.69, 9.17) is 5.73 Å². The quantitative estimate of drug-likeness (QED) is 0.859. The average Bonchev–Trinajstić information content (AvgIpc) is 2.37. The van der Waals surface area contributed by atoms with Gasteiger partial charge in [-0.2, -0.15) is 4.98 Å². The zero-order valence-corrected chi connectivity index (χ0v) is 11.4. The number of nitrogens with two attached hydrogens (primary N) is 1. The molecule has 0 spiro atoms. The van der Waals surface area contributed by atoms with Crippen molar-refractivity contribution in [3.8, 4) is 0 Å². The summed E-state index contributed by atoms with van der Waals surface area (Å²) >= 11 is 0. The second-order valence-electron chi connectivity index (χ2n) is 5.41. The summed E-state index contributed by atoms with van der Waals surface area (Å²) in [7, 11) is 0. The van der Waals surface area contributed by atoms with E-state index in [9.17, 15) is 0 Å². The molecule has 0 aromatic carbocycles. The van der Waals surface area contributed by atoms with E-state index in [2.05, 4.69) is 22.2 Å². The van der Waals surface area contributed by atoms with Crippen molar-refractivity contribution in [2.24, 2.45) is 5.92 Å². The number of anilines is 2. The Morgan fingerprint density at radius 2 is 2.06 bits per heavy atom. The summed E-state index contributed by atoms with van der Waals surface area (Å²) in [6.07, 6.45) is 9.64. The number of nitrogen functional groups attached to an aromatic ring is 1. The fourth-order valence-electron chi connectivity index (χ4n) is 2.80. The molecule has 18 heavy (non-hydrogen) atoms. The molecule has 0 radical (unpaired) electrons. The lowest BCUT2D eigenvalue weighted by Gasteiger charge is -2.29. The van der Waals surface area contributed by atoms with E-state index >= 15 is 0 Å². The summed E-state index contributed by atoms with van der Waals surface area (Å²) in [6.45, 7) is 4.29. The minimum Gasteiger partial charge on any atom is -0.368 e. The number of nitrogens with one attached hydrogen (secondary N) is 1. The third kappa shape index (κ3) is 3.34. The minimum atomic E-state index is 0.350. The van der Waals surface area contributed by atoms with Gasteiger partial charge in [0.15, 0.2) is 0 Å². The highest BCUT2D eigenvalue weighted by molar-refractivity contribution is 5.45. The summed E-state index contributed by atoms with van der Waals surface area (Å²) in [5.74, 6) is 2.19. The van der Waals surface area contributed by atoms with E-state index in [0.29, 0.717) is 12.0 Å². The highest BCUT2D eigenvalue weighted by atomic mass is 15.1. The van der Waals surface area contributed by atoms with Gasteiger partial charge in [-0.25, -0.2) is 4.98 Å². The van der Waals surface area contributed by atoms with Crippen LogP contribution in [-0.2, 0) is 0 Å². The molecule has 1 saturated carbocycles. The molecule has 2 rings (SSSR count). The molecule has 1 aliphatic rings. The van der Waals surface area contributed by atoms with E-state index in [1.54, 1.807) is 6.20 Å². The predicted molar refractivity (Wildman–Crippen MR) is 75.5 cm³/mol. The summed E-state index contributed by atoms with van der Waals surface area (Å²) < 4.78 is 0. The van der Waals surface area contributed by atoms with Crippen molar-refractivity contribution in [2.45, 2.75) is 58.4 Å². The van der Waals surface area contributed by atoms with Gasteiger partial charge in [-0.05, 0) is 38.5 Å². The first-order chi connectivity index (χ1) is 8.69. The van der Waals surface area contributed by atoms with Crippen LogP contribution in [0.15, 0.2) is 6.20 Å². The number of hydrogen-bond donors (Lipinski definition) is 2. The fourth-order valence-corrected chi connectivity index (χ4v) is 2.80. The van der Waals surface area contributed by atoms with Gasteiger partial charge in [0, 0.05) is 17.8 Å². The van der Waals surface area contributed by atoms with Gasteiger partial charge in [-0.3, -0.25) is 0 Å². The molecular weight excluding hydrogens is 224 g/mol. The number of aryl methyl sites for hydroxylation is 1. The summed E-state index contributed by atoms with van der Waals surface area (Å²) in [5, 5.41) is 3.52. The third-order valence-corrected chi connectivity index (χ3v) is 3.87. The second kappa shape index (κ2) is 6.03. The Bertz CT molecular complexity index is 383. The molecule has 0 amide bonds. The molecule has 0 unspecified atom stereocenters. The van der Waals surface area contributed by atoms with Crippen LogP contribution in [0.1, 0.15) is 51.0 Å². The zero-order valence-electron chi connectivity index (χ0n) is 11.4. The van der Waals surface area contributed by atoms with Crippen LogP contribution in [0.4, 0.5) is 11.8 Å². The molecule has 0 atom stereocenters. The first-order valence-electron chi connectivity index (χ1n) is 7.04. The van der Waals surface area contributed by atoms with Crippen LogP contribution in [0.3, 0.4) is 0 Å². The molecular formula is C14H24N4. The van der Waals surface area contributed by atoms with Gasteiger partial charge in [0.1, 0.15) is 5.82 Å². The summed E-state index contributed by atoms with van der Waals surface area (Å²) in [6, 6.07) is 0.547. The molecule has 100 valence electrons. The maximum Gasteiger partial charge on any atom is 0.221 e. The van der Waals surface area contributed by atoms with Crippen LogP contribution in [0.5, 0.6) is 0 Å². The Balaban J connectivity index is 1.89. The topological polar surface area (TPSA) is 63.8 Å². The number of nitrogens with zero attached hydrogens (tertiary/aromatic N) is 2. The van der Waals surface area contributed by atoms with Crippen molar-refractivity contribution in [1.29, 1.82) is 0 Å².